The first-order chi connectivity index (χ1) is 13.4. The zero-order valence-corrected chi connectivity index (χ0v) is 15.5. The molecule has 0 aliphatic carbocycles. The smallest absolute Gasteiger partial charge is 0.338 e. The molecule has 1 amide bonds. The number of nitro groups is 1. The number of carbonyl (C=O) groups is 2. The molecule has 2 aromatic rings. The number of carbonyl (C=O) groups excluding carboxylic acids is 2. The summed E-state index contributed by atoms with van der Waals surface area (Å²) in [5.41, 5.74) is 0.427. The van der Waals surface area contributed by atoms with Crippen LogP contribution in [0.25, 0.3) is 0 Å². The molecule has 0 spiro atoms. The highest BCUT2D eigenvalue weighted by molar-refractivity contribution is 5.95. The quantitative estimate of drug-likeness (QED) is 0.398. The molecular formula is C19H20N2O7. The van der Waals surface area contributed by atoms with Crippen LogP contribution in [-0.4, -0.2) is 36.6 Å². The number of benzene rings is 2. The van der Waals surface area contributed by atoms with Gasteiger partial charge in [0.05, 0.1) is 23.7 Å². The van der Waals surface area contributed by atoms with Crippen molar-refractivity contribution in [1.82, 2.24) is 0 Å². The van der Waals surface area contributed by atoms with Crippen LogP contribution in [0.4, 0.5) is 11.4 Å². The summed E-state index contributed by atoms with van der Waals surface area (Å²) in [5.74, 6) is -0.245. The van der Waals surface area contributed by atoms with Crippen molar-refractivity contribution in [3.63, 3.8) is 0 Å². The molecule has 2 aromatic carbocycles. The summed E-state index contributed by atoms with van der Waals surface area (Å²) in [6.07, 6.45) is 0. The average Bonchev–Trinajstić information content (AvgIpc) is 2.68. The molecule has 0 atom stereocenters. The Hall–Kier alpha value is -3.62. The summed E-state index contributed by atoms with van der Waals surface area (Å²) in [6.45, 7) is 4.09. The number of nitrogens with zero attached hydrogens (tertiary/aromatic N) is 1. The van der Waals surface area contributed by atoms with E-state index in [4.69, 9.17) is 14.2 Å². The van der Waals surface area contributed by atoms with Gasteiger partial charge in [0, 0.05) is 23.9 Å². The largest absolute Gasteiger partial charge is 0.490 e. The van der Waals surface area contributed by atoms with Gasteiger partial charge in [0.15, 0.2) is 18.1 Å². The minimum atomic E-state index is -0.758. The molecule has 9 nitrogen and oxygen atoms in total. The van der Waals surface area contributed by atoms with Gasteiger partial charge in [-0.05, 0) is 38.1 Å². The maximum atomic E-state index is 12.0. The van der Waals surface area contributed by atoms with Crippen LogP contribution < -0.4 is 14.8 Å². The second kappa shape index (κ2) is 9.91. The maximum absolute atomic E-state index is 12.0. The van der Waals surface area contributed by atoms with Crippen LogP contribution in [0, 0.1) is 10.1 Å². The molecule has 0 aliphatic rings. The van der Waals surface area contributed by atoms with Crippen molar-refractivity contribution in [1.29, 1.82) is 0 Å². The fourth-order valence-corrected chi connectivity index (χ4v) is 2.26. The molecule has 0 aliphatic heterocycles. The number of nitrogens with one attached hydrogen (secondary N) is 1. The van der Waals surface area contributed by atoms with Gasteiger partial charge >= 0.3 is 5.97 Å². The normalized spacial score (nSPS) is 10.1. The Balaban J connectivity index is 1.93. The number of hydrogen-bond acceptors (Lipinski definition) is 7. The molecule has 0 radical (unpaired) electrons. The van der Waals surface area contributed by atoms with Crippen molar-refractivity contribution in [3.05, 3.63) is 58.1 Å². The van der Waals surface area contributed by atoms with Gasteiger partial charge in [-0.2, -0.15) is 0 Å². The first kappa shape index (κ1) is 20.7. The Labute approximate surface area is 161 Å². The molecule has 1 N–H and O–H groups in total. The highest BCUT2D eigenvalue weighted by atomic mass is 16.6. The lowest BCUT2D eigenvalue weighted by Crippen LogP contribution is -2.21. The Bertz CT molecular complexity index is 850. The van der Waals surface area contributed by atoms with Crippen molar-refractivity contribution in [2.24, 2.45) is 0 Å². The summed E-state index contributed by atoms with van der Waals surface area (Å²) in [4.78, 5) is 34.0. The van der Waals surface area contributed by atoms with E-state index in [0.29, 0.717) is 30.4 Å². The molecule has 0 fully saturated rings. The monoisotopic (exact) mass is 388 g/mol. The first-order valence-corrected chi connectivity index (χ1v) is 8.55. The van der Waals surface area contributed by atoms with E-state index >= 15 is 0 Å². The van der Waals surface area contributed by atoms with Gasteiger partial charge < -0.3 is 19.5 Å². The van der Waals surface area contributed by atoms with E-state index in [2.05, 4.69) is 5.32 Å². The predicted molar refractivity (Wildman–Crippen MR) is 101 cm³/mol. The van der Waals surface area contributed by atoms with Gasteiger partial charge in [0.25, 0.3) is 11.6 Å². The minimum Gasteiger partial charge on any atom is -0.490 e. The van der Waals surface area contributed by atoms with Crippen LogP contribution in [0.1, 0.15) is 24.2 Å². The number of anilines is 1. The number of amides is 1. The second-order valence-electron chi connectivity index (χ2n) is 5.46. The van der Waals surface area contributed by atoms with Crippen LogP contribution in [0.3, 0.4) is 0 Å². The summed E-state index contributed by atoms with van der Waals surface area (Å²) in [7, 11) is 0. The molecule has 28 heavy (non-hydrogen) atoms. The van der Waals surface area contributed by atoms with Crippen LogP contribution in [0.15, 0.2) is 42.5 Å². The van der Waals surface area contributed by atoms with E-state index in [9.17, 15) is 19.7 Å². The van der Waals surface area contributed by atoms with Gasteiger partial charge in [-0.3, -0.25) is 14.9 Å². The van der Waals surface area contributed by atoms with Crippen molar-refractivity contribution in [3.8, 4) is 11.5 Å². The van der Waals surface area contributed by atoms with Gasteiger partial charge in [-0.15, -0.1) is 0 Å². The van der Waals surface area contributed by atoms with Gasteiger partial charge in [0.2, 0.25) is 0 Å². The van der Waals surface area contributed by atoms with Gasteiger partial charge in [-0.1, -0.05) is 0 Å². The van der Waals surface area contributed by atoms with Crippen molar-refractivity contribution < 1.29 is 28.7 Å². The van der Waals surface area contributed by atoms with Crippen LogP contribution in [-0.2, 0) is 9.53 Å². The molecule has 0 aromatic heterocycles. The van der Waals surface area contributed by atoms with Crippen molar-refractivity contribution in [2.45, 2.75) is 13.8 Å². The van der Waals surface area contributed by atoms with E-state index < -0.39 is 23.4 Å². The molecule has 9 heteroatoms. The van der Waals surface area contributed by atoms with Gasteiger partial charge in [0.1, 0.15) is 0 Å². The third-order valence-corrected chi connectivity index (χ3v) is 3.48. The molecular weight excluding hydrogens is 368 g/mol. The van der Waals surface area contributed by atoms with E-state index in [1.807, 2.05) is 13.8 Å². The van der Waals surface area contributed by atoms with E-state index in [-0.39, 0.29) is 11.3 Å². The van der Waals surface area contributed by atoms with Crippen LogP contribution >= 0.6 is 0 Å². The Morgan fingerprint density at radius 1 is 1.00 bits per heavy atom. The zero-order valence-electron chi connectivity index (χ0n) is 15.5. The zero-order chi connectivity index (χ0) is 20.5. The third-order valence-electron chi connectivity index (χ3n) is 3.48. The van der Waals surface area contributed by atoms with Crippen LogP contribution in [0.2, 0.25) is 0 Å². The predicted octanol–water partition coefficient (Wildman–Crippen LogP) is 3.19. The number of non-ortho nitro benzene ring substituents is 1. The molecule has 0 saturated heterocycles. The Morgan fingerprint density at radius 3 is 2.25 bits per heavy atom. The fraction of sp³-hybridized carbons (Fsp3) is 0.263. The van der Waals surface area contributed by atoms with E-state index in [0.717, 1.165) is 0 Å². The lowest BCUT2D eigenvalue weighted by molar-refractivity contribution is -0.384. The number of hydrogen-bond donors (Lipinski definition) is 1. The van der Waals surface area contributed by atoms with E-state index in [1.165, 1.54) is 24.3 Å². The Morgan fingerprint density at radius 2 is 1.64 bits per heavy atom. The molecule has 0 heterocycles. The summed E-state index contributed by atoms with van der Waals surface area (Å²) < 4.78 is 15.9. The first-order valence-electron chi connectivity index (χ1n) is 8.55. The highest BCUT2D eigenvalue weighted by Crippen LogP contribution is 2.30. The topological polar surface area (TPSA) is 117 Å². The standard InChI is InChI=1S/C19H20N2O7/c1-3-26-16-10-7-14(11-17(16)27-4-2)20-18(22)12-28-19(23)13-5-8-15(9-6-13)21(24)25/h5-11H,3-4,12H2,1-2H3,(H,20,22). The number of rotatable bonds is 9. The minimum absolute atomic E-state index is 0.109. The average molecular weight is 388 g/mol. The molecule has 0 bridgehead atoms. The molecule has 2 rings (SSSR count). The van der Waals surface area contributed by atoms with Crippen molar-refractivity contribution in [2.75, 3.05) is 25.1 Å². The highest BCUT2D eigenvalue weighted by Gasteiger charge is 2.13. The summed E-state index contributed by atoms with van der Waals surface area (Å²) >= 11 is 0. The number of esters is 1. The van der Waals surface area contributed by atoms with Crippen LogP contribution in [0.5, 0.6) is 11.5 Å². The lowest BCUT2D eigenvalue weighted by Gasteiger charge is -2.13. The summed E-state index contributed by atoms with van der Waals surface area (Å²) in [5, 5.41) is 13.2. The van der Waals surface area contributed by atoms with E-state index in [1.54, 1.807) is 18.2 Å². The second-order valence-corrected chi connectivity index (χ2v) is 5.46. The number of ether oxygens (including phenoxy) is 3. The molecule has 0 unspecified atom stereocenters. The third kappa shape index (κ3) is 5.70. The molecule has 0 saturated carbocycles. The lowest BCUT2D eigenvalue weighted by atomic mass is 10.2. The fourth-order valence-electron chi connectivity index (χ4n) is 2.26. The Kier molecular flexibility index (Phi) is 7.32. The maximum Gasteiger partial charge on any atom is 0.338 e. The van der Waals surface area contributed by atoms with Crippen molar-refractivity contribution >= 4 is 23.3 Å². The number of nitro benzene ring substituents is 1. The SMILES string of the molecule is CCOc1ccc(NC(=O)COC(=O)c2ccc([N+](=O)[O-])cc2)cc1OCC. The summed E-state index contributed by atoms with van der Waals surface area (Å²) in [6, 6.07) is 9.83. The van der Waals surface area contributed by atoms with Gasteiger partial charge in [-0.25, -0.2) is 4.79 Å². The molecule has 148 valence electrons.